The van der Waals surface area contributed by atoms with E-state index >= 15 is 0 Å². The summed E-state index contributed by atoms with van der Waals surface area (Å²) in [4.78, 5) is 4.01. The van der Waals surface area contributed by atoms with Crippen LogP contribution in [-0.4, -0.2) is 44.0 Å². The van der Waals surface area contributed by atoms with Crippen LogP contribution >= 0.6 is 15.9 Å². The van der Waals surface area contributed by atoms with Gasteiger partial charge in [-0.1, -0.05) is 0 Å². The molecule has 1 aliphatic rings. The van der Waals surface area contributed by atoms with Gasteiger partial charge in [-0.3, -0.25) is 0 Å². The topological polar surface area (TPSA) is 68.7 Å². The Hall–Kier alpha value is -1.71. The molecule has 1 saturated heterocycles. The molecule has 0 N–H and O–H groups in total. The number of hydrogen-bond donors (Lipinski definition) is 0. The van der Waals surface area contributed by atoms with Gasteiger partial charge in [-0.05, 0) is 52.7 Å². The van der Waals surface area contributed by atoms with E-state index in [-0.39, 0.29) is 23.3 Å². The first-order chi connectivity index (χ1) is 11.9. The van der Waals surface area contributed by atoms with Gasteiger partial charge in [0.15, 0.2) is 11.6 Å². The predicted molar refractivity (Wildman–Crippen MR) is 92.7 cm³/mol. The molecule has 0 saturated carbocycles. The van der Waals surface area contributed by atoms with Crippen molar-refractivity contribution < 1.29 is 22.3 Å². The van der Waals surface area contributed by atoms with Gasteiger partial charge in [0.1, 0.15) is 6.10 Å². The summed E-state index contributed by atoms with van der Waals surface area (Å²) in [6, 6.07) is 7.17. The van der Waals surface area contributed by atoms with E-state index in [9.17, 15) is 12.8 Å². The van der Waals surface area contributed by atoms with E-state index in [0.717, 1.165) is 6.07 Å². The maximum Gasteiger partial charge on any atom is 0.243 e. The number of ether oxygens (including phenoxy) is 2. The standard InChI is InChI=1S/C16H16BrFN2O4S/c1-23-15-5-4-12(9-14(15)18)25(21,22)20-8-6-11(10-20)24-16-13(17)3-2-7-19-16/h2-5,7,9,11H,6,8,10H2,1H3/t11-/m0/s1. The highest BCUT2D eigenvalue weighted by Gasteiger charge is 2.34. The highest BCUT2D eigenvalue weighted by molar-refractivity contribution is 9.10. The van der Waals surface area contributed by atoms with Gasteiger partial charge in [-0.15, -0.1) is 0 Å². The monoisotopic (exact) mass is 430 g/mol. The van der Waals surface area contributed by atoms with Crippen LogP contribution < -0.4 is 9.47 Å². The van der Waals surface area contributed by atoms with Crippen LogP contribution in [0.3, 0.4) is 0 Å². The first-order valence-corrected chi connectivity index (χ1v) is 9.76. The first-order valence-electron chi connectivity index (χ1n) is 7.52. The Balaban J connectivity index is 1.74. The smallest absolute Gasteiger partial charge is 0.243 e. The Bertz CT molecular complexity index is 878. The molecule has 134 valence electrons. The van der Waals surface area contributed by atoms with Gasteiger partial charge in [0.2, 0.25) is 15.9 Å². The molecule has 6 nitrogen and oxygen atoms in total. The Kier molecular flexibility index (Phi) is 5.26. The lowest BCUT2D eigenvalue weighted by molar-refractivity contribution is 0.205. The third kappa shape index (κ3) is 3.78. The van der Waals surface area contributed by atoms with E-state index in [0.29, 0.717) is 23.3 Å². The van der Waals surface area contributed by atoms with E-state index < -0.39 is 15.8 Å². The van der Waals surface area contributed by atoms with E-state index in [1.807, 2.05) is 0 Å². The minimum atomic E-state index is -3.80. The Morgan fingerprint density at radius 1 is 1.36 bits per heavy atom. The number of methoxy groups -OCH3 is 1. The van der Waals surface area contributed by atoms with Crippen molar-refractivity contribution in [1.82, 2.24) is 9.29 Å². The summed E-state index contributed by atoms with van der Waals surface area (Å²) >= 11 is 3.34. The highest BCUT2D eigenvalue weighted by atomic mass is 79.9. The fourth-order valence-corrected chi connectivity index (χ4v) is 4.43. The van der Waals surface area contributed by atoms with E-state index in [1.165, 1.54) is 23.5 Å². The largest absolute Gasteiger partial charge is 0.494 e. The third-order valence-corrected chi connectivity index (χ3v) is 6.34. The van der Waals surface area contributed by atoms with Crippen molar-refractivity contribution in [3.8, 4) is 11.6 Å². The molecular weight excluding hydrogens is 415 g/mol. The summed E-state index contributed by atoms with van der Waals surface area (Å²) in [5.74, 6) is -0.295. The highest BCUT2D eigenvalue weighted by Crippen LogP contribution is 2.28. The second-order valence-corrected chi connectivity index (χ2v) is 8.27. The Morgan fingerprint density at radius 3 is 2.84 bits per heavy atom. The van der Waals surface area contributed by atoms with Gasteiger partial charge >= 0.3 is 0 Å². The molecule has 9 heteroatoms. The van der Waals surface area contributed by atoms with Crippen LogP contribution in [0.5, 0.6) is 11.6 Å². The van der Waals surface area contributed by atoms with Crippen LogP contribution in [0.1, 0.15) is 6.42 Å². The van der Waals surface area contributed by atoms with E-state index in [4.69, 9.17) is 9.47 Å². The molecule has 3 rings (SSSR count). The summed E-state index contributed by atoms with van der Waals surface area (Å²) in [5.41, 5.74) is 0. The molecular formula is C16H16BrFN2O4S. The second kappa shape index (κ2) is 7.27. The molecule has 1 aromatic heterocycles. The molecule has 2 heterocycles. The van der Waals surface area contributed by atoms with Crippen LogP contribution in [0, 0.1) is 5.82 Å². The zero-order valence-electron chi connectivity index (χ0n) is 13.4. The molecule has 1 fully saturated rings. The number of nitrogens with zero attached hydrogens (tertiary/aromatic N) is 2. The molecule has 0 unspecified atom stereocenters. The van der Waals surface area contributed by atoms with Crippen molar-refractivity contribution >= 4 is 26.0 Å². The maximum absolute atomic E-state index is 13.8. The number of pyridine rings is 1. The van der Waals surface area contributed by atoms with Crippen LogP contribution in [0.15, 0.2) is 45.9 Å². The quantitative estimate of drug-likeness (QED) is 0.729. The molecule has 0 amide bonds. The minimum absolute atomic E-state index is 0.00147. The summed E-state index contributed by atoms with van der Waals surface area (Å²) in [5, 5.41) is 0. The van der Waals surface area contributed by atoms with Crippen LogP contribution in [0.4, 0.5) is 4.39 Å². The van der Waals surface area contributed by atoms with Gasteiger partial charge in [-0.2, -0.15) is 4.31 Å². The maximum atomic E-state index is 13.8. The van der Waals surface area contributed by atoms with Crippen molar-refractivity contribution in [2.24, 2.45) is 0 Å². The molecule has 1 aliphatic heterocycles. The zero-order valence-corrected chi connectivity index (χ0v) is 15.8. The number of halogens is 2. The lowest BCUT2D eigenvalue weighted by Gasteiger charge is -2.17. The fourth-order valence-electron chi connectivity index (χ4n) is 2.58. The van der Waals surface area contributed by atoms with Crippen molar-refractivity contribution in [2.45, 2.75) is 17.4 Å². The Labute approximate surface area is 153 Å². The van der Waals surface area contributed by atoms with Crippen LogP contribution in [0.25, 0.3) is 0 Å². The molecule has 0 spiro atoms. The number of hydrogen-bond acceptors (Lipinski definition) is 5. The molecule has 1 aromatic carbocycles. The summed E-state index contributed by atoms with van der Waals surface area (Å²) in [7, 11) is -2.47. The van der Waals surface area contributed by atoms with E-state index in [1.54, 1.807) is 18.3 Å². The summed E-state index contributed by atoms with van der Waals surface area (Å²) in [6.07, 6.45) is 1.81. The van der Waals surface area contributed by atoms with Gasteiger partial charge in [-0.25, -0.2) is 17.8 Å². The first kappa shape index (κ1) is 18.1. The van der Waals surface area contributed by atoms with Crippen molar-refractivity contribution in [1.29, 1.82) is 0 Å². The fraction of sp³-hybridized carbons (Fsp3) is 0.312. The normalized spacial score (nSPS) is 18.3. The Morgan fingerprint density at radius 2 is 2.16 bits per heavy atom. The van der Waals surface area contributed by atoms with E-state index in [2.05, 4.69) is 20.9 Å². The lowest BCUT2D eigenvalue weighted by Crippen LogP contribution is -2.31. The molecule has 0 radical (unpaired) electrons. The van der Waals surface area contributed by atoms with Crippen LogP contribution in [0.2, 0.25) is 0 Å². The molecule has 25 heavy (non-hydrogen) atoms. The van der Waals surface area contributed by atoms with Gasteiger partial charge in [0, 0.05) is 12.7 Å². The average molecular weight is 431 g/mol. The molecule has 1 atom stereocenters. The second-order valence-electron chi connectivity index (χ2n) is 5.48. The van der Waals surface area contributed by atoms with Crippen molar-refractivity contribution in [3.05, 3.63) is 46.8 Å². The molecule has 0 bridgehead atoms. The van der Waals surface area contributed by atoms with Gasteiger partial charge < -0.3 is 9.47 Å². The zero-order chi connectivity index (χ0) is 18.0. The third-order valence-electron chi connectivity index (χ3n) is 3.87. The van der Waals surface area contributed by atoms with Crippen molar-refractivity contribution in [3.63, 3.8) is 0 Å². The molecule has 0 aliphatic carbocycles. The van der Waals surface area contributed by atoms with Crippen LogP contribution in [-0.2, 0) is 10.0 Å². The number of sulfonamides is 1. The summed E-state index contributed by atoms with van der Waals surface area (Å²) < 4.78 is 51.8. The predicted octanol–water partition coefficient (Wildman–Crippen LogP) is 2.83. The minimum Gasteiger partial charge on any atom is -0.494 e. The molecule has 2 aromatic rings. The van der Waals surface area contributed by atoms with Crippen molar-refractivity contribution in [2.75, 3.05) is 20.2 Å². The number of aromatic nitrogens is 1. The average Bonchev–Trinajstić information content (AvgIpc) is 3.06. The summed E-state index contributed by atoms with van der Waals surface area (Å²) in [6.45, 7) is 0.476. The lowest BCUT2D eigenvalue weighted by atomic mass is 10.3. The SMILES string of the molecule is COc1ccc(S(=O)(=O)N2CC[C@H](Oc3ncccc3Br)C2)cc1F. The van der Waals surface area contributed by atoms with Gasteiger partial charge in [0.25, 0.3) is 0 Å². The van der Waals surface area contributed by atoms with Gasteiger partial charge in [0.05, 0.1) is 23.0 Å². The number of rotatable bonds is 5. The number of benzene rings is 1.